The summed E-state index contributed by atoms with van der Waals surface area (Å²) in [6.45, 7) is 1.25. The molecule has 10 heteroatoms. The fraction of sp³-hybridized carbons (Fsp3) is 0.400. The summed E-state index contributed by atoms with van der Waals surface area (Å²) >= 11 is 1.58. The molecule has 0 atom stereocenters. The molecule has 0 unspecified atom stereocenters. The van der Waals surface area contributed by atoms with E-state index < -0.39 is 15.1 Å². The number of hydrogen-bond donors (Lipinski definition) is 0. The Kier molecular flexibility index (Phi) is 7.71. The molecule has 35 heavy (non-hydrogen) atoms. The normalized spacial score (nSPS) is 14.6. The number of hydrogen-bond acceptors (Lipinski definition) is 9. The highest BCUT2D eigenvalue weighted by atomic mass is 32.2. The van der Waals surface area contributed by atoms with Gasteiger partial charge in [-0.05, 0) is 42.7 Å². The maximum absolute atomic E-state index is 13.4. The third-order valence-corrected chi connectivity index (χ3v) is 9.43. The van der Waals surface area contributed by atoms with Crippen LogP contribution in [0.25, 0.3) is 0 Å². The average molecular weight is 519 g/mol. The molecule has 1 saturated heterocycles. The number of thiazole rings is 1. The van der Waals surface area contributed by atoms with Crippen molar-refractivity contribution in [1.82, 2.24) is 4.98 Å². The SMILES string of the molecule is COc1ccc(OC)c(S(=O)(=O)C2CCN(c3nc(Cc4ccc(OC)c(OC)c4)cs3)CC2)c1. The first-order chi connectivity index (χ1) is 16.9. The Morgan fingerprint density at radius 1 is 0.914 bits per heavy atom. The molecule has 0 N–H and O–H groups in total. The topological polar surface area (TPSA) is 87.2 Å². The van der Waals surface area contributed by atoms with E-state index in [0.29, 0.717) is 55.4 Å². The molecule has 0 bridgehead atoms. The van der Waals surface area contributed by atoms with E-state index in [1.807, 2.05) is 18.2 Å². The zero-order valence-electron chi connectivity index (χ0n) is 20.3. The van der Waals surface area contributed by atoms with Gasteiger partial charge in [0.2, 0.25) is 0 Å². The van der Waals surface area contributed by atoms with Crippen LogP contribution in [0.5, 0.6) is 23.0 Å². The number of methoxy groups -OCH3 is 4. The van der Waals surface area contributed by atoms with Gasteiger partial charge in [0.15, 0.2) is 26.5 Å². The minimum absolute atomic E-state index is 0.184. The van der Waals surface area contributed by atoms with Crippen molar-refractivity contribution in [2.24, 2.45) is 0 Å². The van der Waals surface area contributed by atoms with Crippen molar-refractivity contribution in [3.05, 3.63) is 53.0 Å². The predicted molar refractivity (Wildman–Crippen MR) is 136 cm³/mol. The van der Waals surface area contributed by atoms with Gasteiger partial charge in [0.05, 0.1) is 39.4 Å². The summed E-state index contributed by atoms with van der Waals surface area (Å²) in [6.07, 6.45) is 1.72. The summed E-state index contributed by atoms with van der Waals surface area (Å²) in [5.74, 6) is 2.22. The maximum Gasteiger partial charge on any atom is 0.185 e. The van der Waals surface area contributed by atoms with Gasteiger partial charge in [0.25, 0.3) is 0 Å². The Hall–Kier alpha value is -2.98. The molecule has 188 valence electrons. The Bertz CT molecular complexity index is 1270. The quantitative estimate of drug-likeness (QED) is 0.416. The van der Waals surface area contributed by atoms with Crippen molar-refractivity contribution in [1.29, 1.82) is 0 Å². The smallest absolute Gasteiger partial charge is 0.185 e. The summed E-state index contributed by atoms with van der Waals surface area (Å²) in [7, 11) is 2.67. The van der Waals surface area contributed by atoms with Gasteiger partial charge in [0, 0.05) is 31.0 Å². The fourth-order valence-electron chi connectivity index (χ4n) is 4.27. The molecule has 1 fully saturated rings. The van der Waals surface area contributed by atoms with Crippen LogP contribution in [-0.4, -0.2) is 60.2 Å². The molecule has 1 aromatic heterocycles. The minimum Gasteiger partial charge on any atom is -0.497 e. The van der Waals surface area contributed by atoms with E-state index in [1.165, 1.54) is 14.2 Å². The number of ether oxygens (including phenoxy) is 4. The number of aromatic nitrogens is 1. The highest BCUT2D eigenvalue weighted by Crippen LogP contribution is 2.35. The number of piperidine rings is 1. The molecule has 0 spiro atoms. The van der Waals surface area contributed by atoms with E-state index in [9.17, 15) is 8.42 Å². The molecule has 1 aliphatic rings. The number of nitrogens with zero attached hydrogens (tertiary/aromatic N) is 2. The molecule has 8 nitrogen and oxygen atoms in total. The zero-order chi connectivity index (χ0) is 25.0. The van der Waals surface area contributed by atoms with Gasteiger partial charge in [-0.25, -0.2) is 13.4 Å². The largest absolute Gasteiger partial charge is 0.497 e. The second-order valence-electron chi connectivity index (χ2n) is 8.24. The standard InChI is InChI=1S/C25H30N2O6S2/c1-30-19-6-8-22(32-3)24(15-19)35(28,29)20-9-11-27(12-10-20)25-26-18(16-34-25)13-17-5-7-21(31-2)23(14-17)33-4/h5-8,14-16,20H,9-13H2,1-4H3. The molecule has 2 heterocycles. The summed E-state index contributed by atoms with van der Waals surface area (Å²) in [5.41, 5.74) is 2.05. The van der Waals surface area contributed by atoms with Gasteiger partial charge < -0.3 is 23.8 Å². The van der Waals surface area contributed by atoms with Crippen LogP contribution in [-0.2, 0) is 16.3 Å². The lowest BCUT2D eigenvalue weighted by Crippen LogP contribution is -2.39. The molecule has 1 aliphatic heterocycles. The van der Waals surface area contributed by atoms with Crippen LogP contribution in [0.15, 0.2) is 46.7 Å². The van der Waals surface area contributed by atoms with E-state index in [2.05, 4.69) is 10.3 Å². The molecule has 0 amide bonds. The van der Waals surface area contributed by atoms with E-state index in [0.717, 1.165) is 16.4 Å². The van der Waals surface area contributed by atoms with E-state index in [4.69, 9.17) is 23.9 Å². The lowest BCUT2D eigenvalue weighted by Gasteiger charge is -2.31. The van der Waals surface area contributed by atoms with Crippen LogP contribution >= 0.6 is 11.3 Å². The Balaban J connectivity index is 1.43. The van der Waals surface area contributed by atoms with E-state index >= 15 is 0 Å². The summed E-state index contributed by atoms with van der Waals surface area (Å²) < 4.78 is 48.1. The molecule has 4 rings (SSSR count). The number of rotatable bonds is 9. The highest BCUT2D eigenvalue weighted by molar-refractivity contribution is 7.92. The number of anilines is 1. The van der Waals surface area contributed by atoms with Crippen LogP contribution in [0.3, 0.4) is 0 Å². The first-order valence-corrected chi connectivity index (χ1v) is 13.7. The monoisotopic (exact) mass is 518 g/mol. The molecule has 0 aliphatic carbocycles. The lowest BCUT2D eigenvalue weighted by molar-refractivity contribution is 0.354. The molecule has 2 aromatic carbocycles. The third kappa shape index (κ3) is 5.33. The molecule has 3 aromatic rings. The summed E-state index contributed by atoms with van der Waals surface area (Å²) in [4.78, 5) is 7.16. The van der Waals surface area contributed by atoms with Gasteiger partial charge in [-0.3, -0.25) is 0 Å². The molecular weight excluding hydrogens is 488 g/mol. The predicted octanol–water partition coefficient (Wildman–Crippen LogP) is 4.21. The van der Waals surface area contributed by atoms with Crippen LogP contribution in [0.2, 0.25) is 0 Å². The summed E-state index contributed by atoms with van der Waals surface area (Å²) in [5, 5.41) is 2.48. The number of sulfone groups is 1. The van der Waals surface area contributed by atoms with Gasteiger partial charge in [-0.15, -0.1) is 11.3 Å². The molecular formula is C25H30N2O6S2. The zero-order valence-corrected chi connectivity index (χ0v) is 21.9. The van der Waals surface area contributed by atoms with Crippen LogP contribution < -0.4 is 23.8 Å². The van der Waals surface area contributed by atoms with Crippen molar-refractivity contribution in [2.45, 2.75) is 29.4 Å². The van der Waals surface area contributed by atoms with Crippen molar-refractivity contribution >= 4 is 26.3 Å². The van der Waals surface area contributed by atoms with E-state index in [1.54, 1.807) is 43.8 Å². The van der Waals surface area contributed by atoms with Crippen molar-refractivity contribution in [3.63, 3.8) is 0 Å². The first-order valence-electron chi connectivity index (χ1n) is 11.3. The lowest BCUT2D eigenvalue weighted by atomic mass is 10.1. The second-order valence-corrected chi connectivity index (χ2v) is 11.3. The van der Waals surface area contributed by atoms with Crippen molar-refractivity contribution < 1.29 is 27.4 Å². The highest BCUT2D eigenvalue weighted by Gasteiger charge is 2.34. The van der Waals surface area contributed by atoms with Crippen LogP contribution in [0.1, 0.15) is 24.1 Å². The van der Waals surface area contributed by atoms with Crippen molar-refractivity contribution in [3.8, 4) is 23.0 Å². The molecule has 0 radical (unpaired) electrons. The third-order valence-electron chi connectivity index (χ3n) is 6.20. The van der Waals surface area contributed by atoms with Gasteiger partial charge >= 0.3 is 0 Å². The van der Waals surface area contributed by atoms with Crippen LogP contribution in [0.4, 0.5) is 5.13 Å². The van der Waals surface area contributed by atoms with Crippen LogP contribution in [0, 0.1) is 0 Å². The second kappa shape index (κ2) is 10.7. The van der Waals surface area contributed by atoms with Gasteiger partial charge in [-0.2, -0.15) is 0 Å². The molecule has 0 saturated carbocycles. The van der Waals surface area contributed by atoms with Crippen molar-refractivity contribution in [2.75, 3.05) is 46.4 Å². The van der Waals surface area contributed by atoms with Gasteiger partial charge in [-0.1, -0.05) is 6.07 Å². The fourth-order valence-corrected chi connectivity index (χ4v) is 7.05. The number of benzene rings is 2. The van der Waals surface area contributed by atoms with E-state index in [-0.39, 0.29) is 4.90 Å². The maximum atomic E-state index is 13.4. The Morgan fingerprint density at radius 3 is 2.26 bits per heavy atom. The minimum atomic E-state index is -3.56. The first kappa shape index (κ1) is 25.1. The Morgan fingerprint density at radius 2 is 1.60 bits per heavy atom. The Labute approximate surface area is 210 Å². The summed E-state index contributed by atoms with van der Waals surface area (Å²) in [6, 6.07) is 10.7. The van der Waals surface area contributed by atoms with Gasteiger partial charge in [0.1, 0.15) is 16.4 Å². The average Bonchev–Trinajstić information content (AvgIpc) is 3.36.